The number of carboxylic acids is 1. The number of carbonyl (C=O) groups excluding carboxylic acids is 2. The molecule has 1 aliphatic rings. The fourth-order valence-electron chi connectivity index (χ4n) is 1.79. The van der Waals surface area contributed by atoms with Crippen LogP contribution in [0.25, 0.3) is 0 Å². The van der Waals surface area contributed by atoms with Crippen molar-refractivity contribution >= 4 is 46.8 Å². The van der Waals surface area contributed by atoms with Crippen molar-refractivity contribution in [2.75, 3.05) is 5.32 Å². The second-order valence-corrected chi connectivity index (χ2v) is 6.25. The van der Waals surface area contributed by atoms with Crippen LogP contribution in [0.2, 0.25) is 5.02 Å². The third-order valence-corrected chi connectivity index (χ3v) is 4.39. The van der Waals surface area contributed by atoms with Gasteiger partial charge in [-0.15, -0.1) is 11.8 Å². The highest BCUT2D eigenvalue weighted by molar-refractivity contribution is 8.01. The predicted molar refractivity (Wildman–Crippen MR) is 79.6 cm³/mol. The number of benzene rings is 1. The zero-order valence-electron chi connectivity index (χ0n) is 11.1. The van der Waals surface area contributed by atoms with Gasteiger partial charge in [0.15, 0.2) is 0 Å². The minimum Gasteiger partial charge on any atom is -0.480 e. The molecule has 0 radical (unpaired) electrons. The lowest BCUT2D eigenvalue weighted by molar-refractivity contribution is -0.141. The summed E-state index contributed by atoms with van der Waals surface area (Å²) in [6, 6.07) is 4.13. The number of halogens is 1. The molecule has 0 saturated heterocycles. The Kier molecular flexibility index (Phi) is 4.74. The second kappa shape index (κ2) is 6.36. The monoisotopic (exact) mass is 328 g/mol. The number of aliphatic carboxylic acids is 1. The van der Waals surface area contributed by atoms with Gasteiger partial charge in [0.25, 0.3) is 0 Å². The summed E-state index contributed by atoms with van der Waals surface area (Å²) >= 11 is 7.11. The molecule has 1 heterocycles. The van der Waals surface area contributed by atoms with Crippen molar-refractivity contribution in [3.8, 4) is 0 Å². The molecule has 0 saturated carbocycles. The minimum atomic E-state index is -1.12. The zero-order chi connectivity index (χ0) is 15.6. The van der Waals surface area contributed by atoms with Gasteiger partial charge in [-0.2, -0.15) is 0 Å². The van der Waals surface area contributed by atoms with Crippen molar-refractivity contribution in [2.45, 2.75) is 29.5 Å². The average Bonchev–Trinajstić information content (AvgIpc) is 2.39. The summed E-state index contributed by atoms with van der Waals surface area (Å²) < 4.78 is 0. The maximum atomic E-state index is 12.0. The molecule has 0 aliphatic carbocycles. The van der Waals surface area contributed by atoms with Gasteiger partial charge in [0.1, 0.15) is 6.04 Å². The number of fused-ring (bicyclic) bond motifs is 1. The lowest BCUT2D eigenvalue weighted by Gasteiger charge is -2.24. The first-order valence-electron chi connectivity index (χ1n) is 6.16. The Hall–Kier alpha value is -1.73. The summed E-state index contributed by atoms with van der Waals surface area (Å²) in [6.45, 7) is 1.37. The first-order chi connectivity index (χ1) is 9.86. The van der Waals surface area contributed by atoms with Gasteiger partial charge in [0, 0.05) is 16.3 Å². The fraction of sp³-hybridized carbons (Fsp3) is 0.308. The SMILES string of the molecule is C[C@@H](NC(=O)CC1Sc2ccc(Cl)cc2NC1=O)C(=O)O. The molecule has 1 aromatic carbocycles. The molecule has 0 aromatic heterocycles. The highest BCUT2D eigenvalue weighted by Gasteiger charge is 2.29. The van der Waals surface area contributed by atoms with Crippen LogP contribution in [0, 0.1) is 0 Å². The lowest BCUT2D eigenvalue weighted by atomic mass is 10.2. The molecule has 1 aliphatic heterocycles. The van der Waals surface area contributed by atoms with Crippen molar-refractivity contribution in [2.24, 2.45) is 0 Å². The highest BCUT2D eigenvalue weighted by atomic mass is 35.5. The van der Waals surface area contributed by atoms with E-state index in [9.17, 15) is 14.4 Å². The Labute approximate surface area is 130 Å². The number of carboxylic acid groups (broad SMARTS) is 1. The molecule has 8 heteroatoms. The van der Waals surface area contributed by atoms with Crippen LogP contribution in [0.1, 0.15) is 13.3 Å². The number of amides is 2. The van der Waals surface area contributed by atoms with Gasteiger partial charge in [0.05, 0.1) is 10.9 Å². The van der Waals surface area contributed by atoms with Gasteiger partial charge in [0.2, 0.25) is 11.8 Å². The van der Waals surface area contributed by atoms with E-state index in [0.717, 1.165) is 4.90 Å². The number of anilines is 1. The van der Waals surface area contributed by atoms with Crippen molar-refractivity contribution in [1.82, 2.24) is 5.32 Å². The highest BCUT2D eigenvalue weighted by Crippen LogP contribution is 2.38. The molecule has 112 valence electrons. The van der Waals surface area contributed by atoms with Gasteiger partial charge in [-0.25, -0.2) is 0 Å². The topological polar surface area (TPSA) is 95.5 Å². The Bertz CT molecular complexity index is 608. The number of hydrogen-bond donors (Lipinski definition) is 3. The minimum absolute atomic E-state index is 0.0871. The van der Waals surface area contributed by atoms with E-state index in [1.54, 1.807) is 18.2 Å². The standard InChI is InChI=1S/C13H13ClN2O4S/c1-6(13(19)20)15-11(17)5-10-12(18)16-8-4-7(14)2-3-9(8)21-10/h2-4,6,10H,5H2,1H3,(H,15,17)(H,16,18)(H,19,20)/t6-,10?/m1/s1. The van der Waals surface area contributed by atoms with Gasteiger partial charge in [-0.05, 0) is 25.1 Å². The normalized spacial score (nSPS) is 18.4. The molecule has 6 nitrogen and oxygen atoms in total. The van der Waals surface area contributed by atoms with E-state index in [2.05, 4.69) is 10.6 Å². The number of rotatable bonds is 4. The molecule has 0 bridgehead atoms. The number of nitrogens with one attached hydrogen (secondary N) is 2. The third-order valence-electron chi connectivity index (χ3n) is 2.88. The first-order valence-corrected chi connectivity index (χ1v) is 7.42. The van der Waals surface area contributed by atoms with Crippen molar-refractivity contribution < 1.29 is 19.5 Å². The molecule has 1 unspecified atom stereocenters. The molecule has 1 aromatic rings. The smallest absolute Gasteiger partial charge is 0.325 e. The summed E-state index contributed by atoms with van der Waals surface area (Å²) in [5.74, 6) is -1.90. The fourth-order valence-corrected chi connectivity index (χ4v) is 3.05. The van der Waals surface area contributed by atoms with Crippen LogP contribution in [-0.4, -0.2) is 34.2 Å². The lowest BCUT2D eigenvalue weighted by Crippen LogP contribution is -2.41. The molecule has 0 spiro atoms. The van der Waals surface area contributed by atoms with E-state index in [1.165, 1.54) is 18.7 Å². The molecule has 3 N–H and O–H groups in total. The molecular weight excluding hydrogens is 316 g/mol. The van der Waals surface area contributed by atoms with E-state index in [0.29, 0.717) is 10.7 Å². The Balaban J connectivity index is 2.02. The van der Waals surface area contributed by atoms with Gasteiger partial charge in [-0.3, -0.25) is 14.4 Å². The summed E-state index contributed by atoms with van der Waals surface area (Å²) in [5, 5.41) is 13.7. The quantitative estimate of drug-likeness (QED) is 0.782. The number of carbonyl (C=O) groups is 3. The zero-order valence-corrected chi connectivity index (χ0v) is 12.6. The van der Waals surface area contributed by atoms with Crippen LogP contribution in [0.3, 0.4) is 0 Å². The number of hydrogen-bond acceptors (Lipinski definition) is 4. The molecule has 2 amide bonds. The molecule has 0 fully saturated rings. The van der Waals surface area contributed by atoms with Gasteiger partial charge < -0.3 is 15.7 Å². The van der Waals surface area contributed by atoms with Crippen molar-refractivity contribution in [3.05, 3.63) is 23.2 Å². The molecule has 2 rings (SSSR count). The van der Waals surface area contributed by atoms with Crippen LogP contribution < -0.4 is 10.6 Å². The molecule has 21 heavy (non-hydrogen) atoms. The maximum Gasteiger partial charge on any atom is 0.325 e. The van der Waals surface area contributed by atoms with E-state index in [-0.39, 0.29) is 12.3 Å². The van der Waals surface area contributed by atoms with Crippen LogP contribution in [-0.2, 0) is 14.4 Å². The van der Waals surface area contributed by atoms with Crippen molar-refractivity contribution in [3.63, 3.8) is 0 Å². The molecular formula is C13H13ClN2O4S. The molecule has 2 atom stereocenters. The Morgan fingerprint density at radius 3 is 2.90 bits per heavy atom. The van der Waals surface area contributed by atoms with Crippen LogP contribution in [0.15, 0.2) is 23.1 Å². The summed E-state index contributed by atoms with van der Waals surface area (Å²) in [4.78, 5) is 35.2. The van der Waals surface area contributed by atoms with Crippen LogP contribution >= 0.6 is 23.4 Å². The van der Waals surface area contributed by atoms with E-state index < -0.39 is 23.2 Å². The van der Waals surface area contributed by atoms with Crippen LogP contribution in [0.4, 0.5) is 5.69 Å². The summed E-state index contributed by atoms with van der Waals surface area (Å²) in [7, 11) is 0. The Morgan fingerprint density at radius 2 is 2.24 bits per heavy atom. The third kappa shape index (κ3) is 3.89. The van der Waals surface area contributed by atoms with Crippen LogP contribution in [0.5, 0.6) is 0 Å². The van der Waals surface area contributed by atoms with Crippen molar-refractivity contribution in [1.29, 1.82) is 0 Å². The first kappa shape index (κ1) is 15.7. The van der Waals surface area contributed by atoms with E-state index in [1.807, 2.05) is 0 Å². The summed E-state index contributed by atoms with van der Waals surface area (Å²) in [6.07, 6.45) is -0.0871. The van der Waals surface area contributed by atoms with Gasteiger partial charge in [-0.1, -0.05) is 11.6 Å². The predicted octanol–water partition coefficient (Wildman–Crippen LogP) is 1.73. The van der Waals surface area contributed by atoms with Gasteiger partial charge >= 0.3 is 5.97 Å². The average molecular weight is 329 g/mol. The maximum absolute atomic E-state index is 12.0. The second-order valence-electron chi connectivity index (χ2n) is 4.57. The Morgan fingerprint density at radius 1 is 1.52 bits per heavy atom. The summed E-state index contributed by atoms with van der Waals surface area (Å²) in [5.41, 5.74) is 0.619. The van der Waals surface area contributed by atoms with E-state index in [4.69, 9.17) is 16.7 Å². The van der Waals surface area contributed by atoms with E-state index >= 15 is 0 Å². The number of thioether (sulfide) groups is 1. The largest absolute Gasteiger partial charge is 0.480 e.